The molecule has 0 spiro atoms. The largest absolute Gasteiger partial charge is 0.463 e. The molecule has 1 rings (SSSR count). The number of carbonyl (C=O) groups is 1. The van der Waals surface area contributed by atoms with Gasteiger partial charge in [-0.05, 0) is 37.6 Å². The summed E-state index contributed by atoms with van der Waals surface area (Å²) < 4.78 is 5.16. The summed E-state index contributed by atoms with van der Waals surface area (Å²) in [7, 11) is 0. The van der Waals surface area contributed by atoms with Gasteiger partial charge in [-0.15, -0.1) is 11.8 Å². The lowest BCUT2D eigenvalue weighted by molar-refractivity contribution is -0.146. The summed E-state index contributed by atoms with van der Waals surface area (Å²) in [6.45, 7) is 7.93. The van der Waals surface area contributed by atoms with Crippen LogP contribution in [-0.2, 0) is 16.0 Å². The molecule has 0 saturated carbocycles. The van der Waals surface area contributed by atoms with Gasteiger partial charge >= 0.3 is 5.97 Å². The van der Waals surface area contributed by atoms with E-state index in [2.05, 4.69) is 13.8 Å². The van der Waals surface area contributed by atoms with Crippen molar-refractivity contribution in [3.8, 4) is 0 Å². The highest BCUT2D eigenvalue weighted by molar-refractivity contribution is 8.00. The molecular weight excluding hydrogens is 268 g/mol. The van der Waals surface area contributed by atoms with Gasteiger partial charge in [0.2, 0.25) is 0 Å². The molecule has 0 fully saturated rings. The molecule has 4 heteroatoms. The van der Waals surface area contributed by atoms with Crippen molar-refractivity contribution in [1.82, 2.24) is 0 Å². The molecule has 0 atom stereocenters. The van der Waals surface area contributed by atoms with Gasteiger partial charge in [-0.1, -0.05) is 25.4 Å². The van der Waals surface area contributed by atoms with Gasteiger partial charge in [0.05, 0.1) is 12.5 Å². The van der Waals surface area contributed by atoms with E-state index in [1.807, 2.05) is 32.0 Å². The monoisotopic (exact) mass is 286 g/mol. The topological polar surface area (TPSA) is 26.3 Å². The van der Waals surface area contributed by atoms with Gasteiger partial charge in [-0.2, -0.15) is 0 Å². The van der Waals surface area contributed by atoms with E-state index in [4.69, 9.17) is 16.3 Å². The van der Waals surface area contributed by atoms with Crippen molar-refractivity contribution in [2.75, 3.05) is 0 Å². The quantitative estimate of drug-likeness (QED) is 0.595. The van der Waals surface area contributed by atoms with E-state index in [1.54, 1.807) is 11.8 Å². The zero-order chi connectivity index (χ0) is 13.7. The average Bonchev–Trinajstić information content (AvgIpc) is 2.20. The summed E-state index contributed by atoms with van der Waals surface area (Å²) in [6.07, 6.45) is 0.186. The summed E-state index contributed by atoms with van der Waals surface area (Å²) in [5.74, 6) is -0.210. The molecule has 2 nitrogen and oxygen atoms in total. The second-order valence-electron chi connectivity index (χ2n) is 4.63. The third-order valence-corrected chi connectivity index (χ3v) is 3.45. The molecule has 0 aromatic heterocycles. The van der Waals surface area contributed by atoms with Crippen LogP contribution in [0.4, 0.5) is 0 Å². The normalized spacial score (nSPS) is 11.1. The van der Waals surface area contributed by atoms with Gasteiger partial charge in [0.15, 0.2) is 0 Å². The molecule has 18 heavy (non-hydrogen) atoms. The Morgan fingerprint density at radius 3 is 2.56 bits per heavy atom. The number of hydrogen-bond acceptors (Lipinski definition) is 3. The van der Waals surface area contributed by atoms with Crippen molar-refractivity contribution in [1.29, 1.82) is 0 Å². The predicted molar refractivity (Wildman–Crippen MR) is 77.4 cm³/mol. The molecule has 1 aromatic rings. The fourth-order valence-electron chi connectivity index (χ4n) is 1.52. The highest BCUT2D eigenvalue weighted by Gasteiger charge is 2.12. The Morgan fingerprint density at radius 1 is 1.33 bits per heavy atom. The molecule has 0 bridgehead atoms. The van der Waals surface area contributed by atoms with Crippen LogP contribution in [0.25, 0.3) is 0 Å². The maximum Gasteiger partial charge on any atom is 0.310 e. The van der Waals surface area contributed by atoms with Gasteiger partial charge in [-0.3, -0.25) is 4.79 Å². The van der Waals surface area contributed by atoms with Crippen molar-refractivity contribution >= 4 is 29.3 Å². The van der Waals surface area contributed by atoms with E-state index >= 15 is 0 Å². The Labute approximate surface area is 118 Å². The van der Waals surface area contributed by atoms with Crippen LogP contribution in [0.5, 0.6) is 0 Å². The minimum Gasteiger partial charge on any atom is -0.463 e. The molecule has 0 amide bonds. The maximum absolute atomic E-state index is 11.7. The molecule has 0 radical (unpaired) electrons. The summed E-state index contributed by atoms with van der Waals surface area (Å²) in [4.78, 5) is 12.8. The van der Waals surface area contributed by atoms with Crippen LogP contribution in [0.3, 0.4) is 0 Å². The van der Waals surface area contributed by atoms with Crippen molar-refractivity contribution in [2.24, 2.45) is 0 Å². The maximum atomic E-state index is 11.7. The number of carbonyl (C=O) groups excluding carboxylic acids is 1. The molecule has 0 aliphatic carbocycles. The minimum absolute atomic E-state index is 0.0853. The molecule has 0 aliphatic heterocycles. The van der Waals surface area contributed by atoms with Gasteiger partial charge in [0, 0.05) is 15.2 Å². The molecule has 0 aliphatic rings. The second kappa shape index (κ2) is 7.05. The van der Waals surface area contributed by atoms with E-state index in [-0.39, 0.29) is 18.5 Å². The van der Waals surface area contributed by atoms with Crippen molar-refractivity contribution in [3.63, 3.8) is 0 Å². The molecule has 0 N–H and O–H groups in total. The zero-order valence-electron chi connectivity index (χ0n) is 11.2. The van der Waals surface area contributed by atoms with Crippen molar-refractivity contribution in [2.45, 2.75) is 50.4 Å². The molecular formula is C14H19ClO2S. The molecule has 0 heterocycles. The highest BCUT2D eigenvalue weighted by atomic mass is 35.5. The number of benzene rings is 1. The number of hydrogen-bond donors (Lipinski definition) is 0. The fourth-order valence-corrected chi connectivity index (χ4v) is 2.65. The average molecular weight is 287 g/mol. The lowest BCUT2D eigenvalue weighted by Gasteiger charge is -2.13. The SMILES string of the molecule is CC(C)OC(=O)Cc1cc(Cl)ccc1SC(C)C. The Kier molecular flexibility index (Phi) is 6.03. The first-order chi connectivity index (χ1) is 8.38. The summed E-state index contributed by atoms with van der Waals surface area (Å²) >= 11 is 7.71. The van der Waals surface area contributed by atoms with Crippen molar-refractivity contribution in [3.05, 3.63) is 28.8 Å². The van der Waals surface area contributed by atoms with Crippen LogP contribution >= 0.6 is 23.4 Å². The van der Waals surface area contributed by atoms with Crippen LogP contribution in [0.2, 0.25) is 5.02 Å². The van der Waals surface area contributed by atoms with E-state index in [9.17, 15) is 4.79 Å². The molecule has 1 aromatic carbocycles. The van der Waals surface area contributed by atoms with Gasteiger partial charge in [0.25, 0.3) is 0 Å². The van der Waals surface area contributed by atoms with Crippen LogP contribution in [0.1, 0.15) is 33.3 Å². The number of ether oxygens (including phenoxy) is 1. The minimum atomic E-state index is -0.210. The standard InChI is InChI=1S/C14H19ClO2S/c1-9(2)17-14(16)8-11-7-12(15)5-6-13(11)18-10(3)4/h5-7,9-10H,8H2,1-4H3. The number of esters is 1. The number of halogens is 1. The Balaban J connectivity index is 2.84. The Bertz CT molecular complexity index is 416. The Morgan fingerprint density at radius 2 is 2.00 bits per heavy atom. The second-order valence-corrected chi connectivity index (χ2v) is 6.69. The Hall–Kier alpha value is -0.670. The lowest BCUT2D eigenvalue weighted by Crippen LogP contribution is -2.14. The first kappa shape index (κ1) is 15.4. The van der Waals surface area contributed by atoms with E-state index < -0.39 is 0 Å². The third kappa shape index (κ3) is 5.32. The zero-order valence-corrected chi connectivity index (χ0v) is 12.8. The first-order valence-electron chi connectivity index (χ1n) is 6.03. The van der Waals surface area contributed by atoms with Crippen LogP contribution in [0, 0.1) is 0 Å². The van der Waals surface area contributed by atoms with Crippen LogP contribution in [-0.4, -0.2) is 17.3 Å². The van der Waals surface area contributed by atoms with Gasteiger partial charge < -0.3 is 4.74 Å². The number of rotatable bonds is 5. The lowest BCUT2D eigenvalue weighted by atomic mass is 10.1. The summed E-state index contributed by atoms with van der Waals surface area (Å²) in [5.41, 5.74) is 0.937. The molecule has 0 unspecified atom stereocenters. The molecule has 0 saturated heterocycles. The first-order valence-corrected chi connectivity index (χ1v) is 7.28. The van der Waals surface area contributed by atoms with E-state index in [0.717, 1.165) is 10.5 Å². The predicted octanol–water partition coefficient (Wildman–Crippen LogP) is 4.33. The van der Waals surface area contributed by atoms with Crippen LogP contribution in [0.15, 0.2) is 23.1 Å². The fraction of sp³-hybridized carbons (Fsp3) is 0.500. The molecule has 100 valence electrons. The van der Waals surface area contributed by atoms with Crippen molar-refractivity contribution < 1.29 is 9.53 Å². The summed E-state index contributed by atoms with van der Waals surface area (Å²) in [5, 5.41) is 1.11. The summed E-state index contributed by atoms with van der Waals surface area (Å²) in [6, 6.07) is 5.66. The van der Waals surface area contributed by atoms with E-state index in [1.165, 1.54) is 0 Å². The van der Waals surface area contributed by atoms with Gasteiger partial charge in [0.1, 0.15) is 0 Å². The third-order valence-electron chi connectivity index (χ3n) is 2.09. The van der Waals surface area contributed by atoms with Gasteiger partial charge in [-0.25, -0.2) is 0 Å². The number of thioether (sulfide) groups is 1. The smallest absolute Gasteiger partial charge is 0.310 e. The van der Waals surface area contributed by atoms with E-state index in [0.29, 0.717) is 10.3 Å². The highest BCUT2D eigenvalue weighted by Crippen LogP contribution is 2.29. The van der Waals surface area contributed by atoms with Crippen LogP contribution < -0.4 is 0 Å².